The number of hydrogen-bond acceptors (Lipinski definition) is 6. The third-order valence-corrected chi connectivity index (χ3v) is 3.90. The van der Waals surface area contributed by atoms with Gasteiger partial charge in [-0.15, -0.1) is 0 Å². The number of hydrogen-bond donors (Lipinski definition) is 2. The third-order valence-electron chi connectivity index (χ3n) is 3.90. The molecule has 160 valence electrons. The van der Waals surface area contributed by atoms with Crippen LogP contribution in [0.4, 0.5) is 11.4 Å². The molecule has 0 radical (unpaired) electrons. The summed E-state index contributed by atoms with van der Waals surface area (Å²) < 4.78 is 16.3. The van der Waals surface area contributed by atoms with Crippen LogP contribution in [0.25, 0.3) is 0 Å². The molecule has 2 amide bonds. The van der Waals surface area contributed by atoms with Crippen LogP contribution in [0.3, 0.4) is 0 Å². The summed E-state index contributed by atoms with van der Waals surface area (Å²) in [5.41, 5.74) is 1.37. The van der Waals surface area contributed by atoms with E-state index >= 15 is 0 Å². The molecule has 0 aromatic heterocycles. The summed E-state index contributed by atoms with van der Waals surface area (Å²) in [5.74, 6) is -0.349. The molecule has 0 spiro atoms. The van der Waals surface area contributed by atoms with E-state index in [4.69, 9.17) is 14.2 Å². The first kappa shape index (κ1) is 22.7. The fourth-order valence-corrected chi connectivity index (χ4v) is 2.54. The highest BCUT2D eigenvalue weighted by Gasteiger charge is 2.20. The maximum atomic E-state index is 12.4. The van der Waals surface area contributed by atoms with Crippen molar-refractivity contribution in [3.63, 3.8) is 0 Å². The lowest BCUT2D eigenvalue weighted by Gasteiger charge is -2.15. The van der Waals surface area contributed by atoms with Crippen LogP contribution >= 0.6 is 0 Å². The molecule has 2 N–H and O–H groups in total. The maximum Gasteiger partial charge on any atom is 0.339 e. The van der Waals surface area contributed by atoms with Gasteiger partial charge in [0.2, 0.25) is 5.91 Å². The summed E-state index contributed by atoms with van der Waals surface area (Å²) in [7, 11) is 0. The monoisotopic (exact) mass is 414 g/mol. The molecule has 0 aliphatic heterocycles. The minimum absolute atomic E-state index is 0.186. The van der Waals surface area contributed by atoms with Gasteiger partial charge < -0.3 is 24.8 Å². The SMILES string of the molecule is CCOc1ccc(C(=O)O[C@@H](C)C(=O)Nc2ccc(NC(C)=O)cc2)cc1OCC. The number of esters is 1. The Morgan fingerprint density at radius 1 is 0.867 bits per heavy atom. The predicted molar refractivity (Wildman–Crippen MR) is 113 cm³/mol. The molecule has 30 heavy (non-hydrogen) atoms. The lowest BCUT2D eigenvalue weighted by molar-refractivity contribution is -0.123. The van der Waals surface area contributed by atoms with Gasteiger partial charge in [0.25, 0.3) is 5.91 Å². The molecular formula is C22H26N2O6. The molecule has 0 aliphatic carbocycles. The highest BCUT2D eigenvalue weighted by molar-refractivity contribution is 5.98. The molecule has 8 nitrogen and oxygen atoms in total. The van der Waals surface area contributed by atoms with Gasteiger partial charge in [0, 0.05) is 18.3 Å². The fourth-order valence-electron chi connectivity index (χ4n) is 2.54. The molecule has 0 saturated heterocycles. The van der Waals surface area contributed by atoms with Crippen LogP contribution in [0, 0.1) is 0 Å². The smallest absolute Gasteiger partial charge is 0.339 e. The number of ether oxygens (including phenoxy) is 3. The first-order chi connectivity index (χ1) is 14.3. The average molecular weight is 414 g/mol. The molecule has 0 fully saturated rings. The van der Waals surface area contributed by atoms with E-state index in [-0.39, 0.29) is 11.5 Å². The quantitative estimate of drug-likeness (QED) is 0.608. The Bertz CT molecular complexity index is 895. The van der Waals surface area contributed by atoms with Crippen molar-refractivity contribution in [2.45, 2.75) is 33.8 Å². The van der Waals surface area contributed by atoms with Gasteiger partial charge in [0.05, 0.1) is 18.8 Å². The first-order valence-corrected chi connectivity index (χ1v) is 9.63. The van der Waals surface area contributed by atoms with Crippen molar-refractivity contribution in [3.8, 4) is 11.5 Å². The summed E-state index contributed by atoms with van der Waals surface area (Å²) in [5, 5.41) is 5.30. The number of carbonyl (C=O) groups excluding carboxylic acids is 3. The van der Waals surface area contributed by atoms with Gasteiger partial charge in [-0.05, 0) is 63.2 Å². The summed E-state index contributed by atoms with van der Waals surface area (Å²) in [4.78, 5) is 35.8. The second-order valence-corrected chi connectivity index (χ2v) is 6.32. The first-order valence-electron chi connectivity index (χ1n) is 9.63. The summed E-state index contributed by atoms with van der Waals surface area (Å²) in [6.07, 6.45) is -1.02. The molecular weight excluding hydrogens is 388 g/mol. The van der Waals surface area contributed by atoms with Crippen LogP contribution in [0.15, 0.2) is 42.5 Å². The number of carbonyl (C=O) groups is 3. The molecule has 2 aromatic carbocycles. The van der Waals surface area contributed by atoms with E-state index in [1.54, 1.807) is 36.4 Å². The van der Waals surface area contributed by atoms with Crippen molar-refractivity contribution in [3.05, 3.63) is 48.0 Å². The van der Waals surface area contributed by atoms with E-state index in [9.17, 15) is 14.4 Å². The highest BCUT2D eigenvalue weighted by Crippen LogP contribution is 2.29. The number of benzene rings is 2. The Kier molecular flexibility index (Phi) is 8.22. The van der Waals surface area contributed by atoms with Crippen LogP contribution in [-0.2, 0) is 14.3 Å². The second kappa shape index (κ2) is 10.8. The lowest BCUT2D eigenvalue weighted by Crippen LogP contribution is -2.30. The van der Waals surface area contributed by atoms with E-state index in [1.165, 1.54) is 19.9 Å². The van der Waals surface area contributed by atoms with Gasteiger partial charge in [0.15, 0.2) is 17.6 Å². The average Bonchev–Trinajstić information content (AvgIpc) is 2.70. The molecule has 0 saturated carbocycles. The molecule has 2 aromatic rings. The van der Waals surface area contributed by atoms with Gasteiger partial charge in [-0.25, -0.2) is 4.79 Å². The van der Waals surface area contributed by atoms with E-state index in [0.29, 0.717) is 36.1 Å². The van der Waals surface area contributed by atoms with Crippen molar-refractivity contribution < 1.29 is 28.6 Å². The summed E-state index contributed by atoms with van der Waals surface area (Å²) in [6.45, 7) is 7.46. The molecule has 0 aliphatic rings. The van der Waals surface area contributed by atoms with Crippen molar-refractivity contribution in [2.24, 2.45) is 0 Å². The largest absolute Gasteiger partial charge is 0.490 e. The zero-order chi connectivity index (χ0) is 22.1. The van der Waals surface area contributed by atoms with Crippen LogP contribution < -0.4 is 20.1 Å². The second-order valence-electron chi connectivity index (χ2n) is 6.32. The Balaban J connectivity index is 1.99. The van der Waals surface area contributed by atoms with Gasteiger partial charge in [-0.2, -0.15) is 0 Å². The highest BCUT2D eigenvalue weighted by atomic mass is 16.5. The lowest BCUT2D eigenvalue weighted by atomic mass is 10.2. The van der Waals surface area contributed by atoms with Crippen molar-refractivity contribution in [1.82, 2.24) is 0 Å². The predicted octanol–water partition coefficient (Wildman–Crippen LogP) is 3.63. The molecule has 0 heterocycles. The Labute approximate surface area is 175 Å². The van der Waals surface area contributed by atoms with Gasteiger partial charge in [-0.3, -0.25) is 9.59 Å². The standard InChI is InChI=1S/C22H26N2O6/c1-5-28-19-12-7-16(13-20(19)29-6-2)22(27)30-14(3)21(26)24-18-10-8-17(9-11-18)23-15(4)25/h7-14H,5-6H2,1-4H3,(H,23,25)(H,24,26)/t14-/m0/s1. The summed E-state index contributed by atoms with van der Waals surface area (Å²) >= 11 is 0. The van der Waals surface area contributed by atoms with Crippen molar-refractivity contribution in [2.75, 3.05) is 23.8 Å². The topological polar surface area (TPSA) is 103 Å². The molecule has 2 rings (SSSR count). The minimum atomic E-state index is -1.02. The Hall–Kier alpha value is -3.55. The maximum absolute atomic E-state index is 12.4. The van der Waals surface area contributed by atoms with E-state index in [2.05, 4.69) is 10.6 Å². The Morgan fingerprint density at radius 2 is 1.43 bits per heavy atom. The molecule has 0 bridgehead atoms. The van der Waals surface area contributed by atoms with E-state index in [1.807, 2.05) is 13.8 Å². The molecule has 1 atom stereocenters. The zero-order valence-corrected chi connectivity index (χ0v) is 17.5. The molecule has 0 unspecified atom stereocenters. The molecule has 8 heteroatoms. The van der Waals surface area contributed by atoms with Crippen molar-refractivity contribution >= 4 is 29.2 Å². The number of nitrogens with one attached hydrogen (secondary N) is 2. The van der Waals surface area contributed by atoms with Crippen molar-refractivity contribution in [1.29, 1.82) is 0 Å². The van der Waals surface area contributed by atoms with E-state index < -0.39 is 18.0 Å². The fraction of sp³-hybridized carbons (Fsp3) is 0.318. The van der Waals surface area contributed by atoms with Crippen LogP contribution in [-0.4, -0.2) is 37.1 Å². The van der Waals surface area contributed by atoms with Gasteiger partial charge >= 0.3 is 5.97 Å². The van der Waals surface area contributed by atoms with Gasteiger partial charge in [-0.1, -0.05) is 0 Å². The van der Waals surface area contributed by atoms with E-state index in [0.717, 1.165) is 0 Å². The van der Waals surface area contributed by atoms with Crippen LogP contribution in [0.2, 0.25) is 0 Å². The number of anilines is 2. The van der Waals surface area contributed by atoms with Crippen LogP contribution in [0.5, 0.6) is 11.5 Å². The minimum Gasteiger partial charge on any atom is -0.490 e. The Morgan fingerprint density at radius 3 is 2.00 bits per heavy atom. The van der Waals surface area contributed by atoms with Gasteiger partial charge in [0.1, 0.15) is 0 Å². The van der Waals surface area contributed by atoms with Crippen LogP contribution in [0.1, 0.15) is 38.1 Å². The summed E-state index contributed by atoms with van der Waals surface area (Å²) in [6, 6.07) is 11.3. The normalized spacial score (nSPS) is 11.2. The number of amides is 2. The zero-order valence-electron chi connectivity index (χ0n) is 17.5. The number of rotatable bonds is 9. The third kappa shape index (κ3) is 6.51.